The predicted octanol–water partition coefficient (Wildman–Crippen LogP) is 6.21. The van der Waals surface area contributed by atoms with Crippen LogP contribution in [0.4, 0.5) is 0 Å². The minimum absolute atomic E-state index is 0.266. The maximum atomic E-state index is 11.0. The largest absolute Gasteiger partial charge is 0.427 e. The number of hydrogen-bond donors (Lipinski definition) is 0. The second-order valence-corrected chi connectivity index (χ2v) is 8.76. The Labute approximate surface area is 156 Å². The van der Waals surface area contributed by atoms with Crippen LogP contribution < -0.4 is 4.74 Å². The Morgan fingerprint density at radius 3 is 2.30 bits per heavy atom. The topological polar surface area (TPSA) is 26.3 Å². The van der Waals surface area contributed by atoms with Crippen molar-refractivity contribution >= 4 is 37.8 Å². The summed E-state index contributed by atoms with van der Waals surface area (Å²) in [5, 5.41) is 0. The van der Waals surface area contributed by atoms with Crippen LogP contribution in [0.3, 0.4) is 0 Å². The molecule has 1 aliphatic carbocycles. The van der Waals surface area contributed by atoms with Gasteiger partial charge >= 0.3 is 5.97 Å². The highest BCUT2D eigenvalue weighted by molar-refractivity contribution is 9.12. The zero-order valence-corrected chi connectivity index (χ0v) is 17.1. The van der Waals surface area contributed by atoms with Crippen molar-refractivity contribution in [2.75, 3.05) is 0 Å². The Bertz CT molecular complexity index is 493. The van der Waals surface area contributed by atoms with E-state index in [0.29, 0.717) is 21.3 Å². The van der Waals surface area contributed by atoms with E-state index in [-0.39, 0.29) is 5.97 Å². The van der Waals surface area contributed by atoms with Gasteiger partial charge in [-0.1, -0.05) is 57.3 Å². The van der Waals surface area contributed by atoms with Crippen LogP contribution in [0.2, 0.25) is 0 Å². The fourth-order valence-corrected chi connectivity index (χ4v) is 5.16. The number of alkyl halides is 2. The molecule has 0 amide bonds. The van der Waals surface area contributed by atoms with Crippen molar-refractivity contribution in [2.45, 2.75) is 67.9 Å². The van der Waals surface area contributed by atoms with E-state index in [1.807, 2.05) is 12.1 Å². The van der Waals surface area contributed by atoms with Gasteiger partial charge in [0.15, 0.2) is 0 Å². The lowest BCUT2D eigenvalue weighted by molar-refractivity contribution is -0.131. The van der Waals surface area contributed by atoms with Crippen molar-refractivity contribution in [1.29, 1.82) is 0 Å². The number of esters is 1. The van der Waals surface area contributed by atoms with Crippen LogP contribution in [0.25, 0.3) is 0 Å². The second kappa shape index (κ2) is 9.22. The first-order valence-corrected chi connectivity index (χ1v) is 10.4. The summed E-state index contributed by atoms with van der Waals surface area (Å²) >= 11 is 7.76. The summed E-state index contributed by atoms with van der Waals surface area (Å²) in [5.41, 5.74) is 1.37. The SMILES string of the molecule is CCCC(Br)C(Br)[C@H]1CC[C@H](c2ccc(OC(C)=O)cc2)CC1. The van der Waals surface area contributed by atoms with E-state index < -0.39 is 0 Å². The van der Waals surface area contributed by atoms with Gasteiger partial charge in [-0.2, -0.15) is 0 Å². The molecular formula is C19H26Br2O2. The summed E-state index contributed by atoms with van der Waals surface area (Å²) < 4.78 is 5.10. The number of benzene rings is 1. The molecule has 0 aromatic heterocycles. The summed E-state index contributed by atoms with van der Waals surface area (Å²) in [6.45, 7) is 3.67. The molecule has 0 radical (unpaired) electrons. The highest BCUT2D eigenvalue weighted by Gasteiger charge is 2.30. The average Bonchev–Trinajstić information content (AvgIpc) is 2.55. The first kappa shape index (κ1) is 19.0. The maximum Gasteiger partial charge on any atom is 0.308 e. The monoisotopic (exact) mass is 444 g/mol. The Kier molecular flexibility index (Phi) is 7.61. The molecule has 23 heavy (non-hydrogen) atoms. The molecule has 2 unspecified atom stereocenters. The van der Waals surface area contributed by atoms with Crippen LogP contribution in [-0.4, -0.2) is 15.6 Å². The minimum atomic E-state index is -0.266. The van der Waals surface area contributed by atoms with E-state index in [2.05, 4.69) is 50.9 Å². The fraction of sp³-hybridized carbons (Fsp3) is 0.632. The molecule has 2 rings (SSSR count). The van der Waals surface area contributed by atoms with Crippen LogP contribution in [0.5, 0.6) is 5.75 Å². The van der Waals surface area contributed by atoms with Crippen molar-refractivity contribution in [3.05, 3.63) is 29.8 Å². The van der Waals surface area contributed by atoms with Gasteiger partial charge in [-0.05, 0) is 61.6 Å². The molecule has 1 aliphatic rings. The molecule has 0 saturated heterocycles. The third-order valence-corrected chi connectivity index (χ3v) is 7.87. The minimum Gasteiger partial charge on any atom is -0.427 e. The molecule has 0 aliphatic heterocycles. The normalized spacial score (nSPS) is 24.0. The molecule has 2 atom stereocenters. The van der Waals surface area contributed by atoms with Crippen molar-refractivity contribution in [1.82, 2.24) is 0 Å². The van der Waals surface area contributed by atoms with E-state index >= 15 is 0 Å². The van der Waals surface area contributed by atoms with Crippen LogP contribution in [0.15, 0.2) is 24.3 Å². The Morgan fingerprint density at radius 1 is 1.17 bits per heavy atom. The molecule has 0 N–H and O–H groups in total. The molecule has 0 spiro atoms. The highest BCUT2D eigenvalue weighted by atomic mass is 79.9. The van der Waals surface area contributed by atoms with Crippen LogP contribution in [0, 0.1) is 5.92 Å². The maximum absolute atomic E-state index is 11.0. The fourth-order valence-electron chi connectivity index (χ4n) is 3.48. The summed E-state index contributed by atoms with van der Waals surface area (Å²) in [6.07, 6.45) is 7.49. The zero-order valence-electron chi connectivity index (χ0n) is 13.9. The number of rotatable bonds is 6. The number of ether oxygens (including phenoxy) is 1. The Morgan fingerprint density at radius 2 is 1.78 bits per heavy atom. The van der Waals surface area contributed by atoms with Gasteiger partial charge in [-0.3, -0.25) is 4.79 Å². The van der Waals surface area contributed by atoms with E-state index in [1.165, 1.54) is 51.0 Å². The van der Waals surface area contributed by atoms with Crippen LogP contribution >= 0.6 is 31.9 Å². The first-order valence-electron chi connectivity index (χ1n) is 8.57. The van der Waals surface area contributed by atoms with E-state index in [4.69, 9.17) is 4.74 Å². The van der Waals surface area contributed by atoms with E-state index in [1.54, 1.807) is 0 Å². The standard InChI is InChI=1S/C19H26Br2O2/c1-3-4-18(20)19(21)16-7-5-14(6-8-16)15-9-11-17(12-10-15)23-13(2)22/h9-12,14,16,18-19H,3-8H2,1-2H3/t14-,16-,18?,19?. The second-order valence-electron chi connectivity index (χ2n) is 6.52. The summed E-state index contributed by atoms with van der Waals surface area (Å²) in [6, 6.07) is 8.04. The third kappa shape index (κ3) is 5.60. The van der Waals surface area contributed by atoms with Gasteiger partial charge in [-0.15, -0.1) is 0 Å². The van der Waals surface area contributed by atoms with Crippen molar-refractivity contribution in [2.24, 2.45) is 5.92 Å². The summed E-state index contributed by atoms with van der Waals surface area (Å²) in [7, 11) is 0. The number of halogens is 2. The third-order valence-electron chi connectivity index (χ3n) is 4.75. The summed E-state index contributed by atoms with van der Waals surface area (Å²) in [4.78, 5) is 12.1. The van der Waals surface area contributed by atoms with Crippen molar-refractivity contribution < 1.29 is 9.53 Å². The molecule has 2 nitrogen and oxygen atoms in total. The van der Waals surface area contributed by atoms with Crippen molar-refractivity contribution in [3.63, 3.8) is 0 Å². The predicted molar refractivity (Wildman–Crippen MR) is 103 cm³/mol. The highest BCUT2D eigenvalue weighted by Crippen LogP contribution is 2.41. The van der Waals surface area contributed by atoms with Crippen LogP contribution in [0.1, 0.15) is 63.9 Å². The quantitative estimate of drug-likeness (QED) is 0.295. The molecule has 128 valence electrons. The van der Waals surface area contributed by atoms with Gasteiger partial charge < -0.3 is 4.74 Å². The lowest BCUT2D eigenvalue weighted by Crippen LogP contribution is -2.27. The lowest BCUT2D eigenvalue weighted by Gasteiger charge is -2.33. The number of carbonyl (C=O) groups is 1. The van der Waals surface area contributed by atoms with E-state index in [0.717, 1.165) is 5.92 Å². The van der Waals surface area contributed by atoms with Gasteiger partial charge in [0.2, 0.25) is 0 Å². The molecule has 1 aromatic rings. The molecule has 0 heterocycles. The smallest absolute Gasteiger partial charge is 0.308 e. The van der Waals surface area contributed by atoms with Crippen molar-refractivity contribution in [3.8, 4) is 5.75 Å². The number of carbonyl (C=O) groups excluding carboxylic acids is 1. The Balaban J connectivity index is 1.87. The van der Waals surface area contributed by atoms with Gasteiger partial charge in [-0.25, -0.2) is 0 Å². The average molecular weight is 446 g/mol. The first-order chi connectivity index (χ1) is 11.0. The molecule has 4 heteroatoms. The van der Waals surface area contributed by atoms with Gasteiger partial charge in [0.25, 0.3) is 0 Å². The van der Waals surface area contributed by atoms with Gasteiger partial charge in [0.1, 0.15) is 5.75 Å². The summed E-state index contributed by atoms with van der Waals surface area (Å²) in [5.74, 6) is 1.77. The molecule has 1 aromatic carbocycles. The molecule has 0 bridgehead atoms. The lowest BCUT2D eigenvalue weighted by atomic mass is 9.77. The molecule has 1 saturated carbocycles. The number of hydrogen-bond acceptors (Lipinski definition) is 2. The van der Waals surface area contributed by atoms with Crippen LogP contribution in [-0.2, 0) is 4.79 Å². The Hall–Kier alpha value is -0.350. The van der Waals surface area contributed by atoms with Gasteiger partial charge in [0, 0.05) is 16.6 Å². The molecular weight excluding hydrogens is 420 g/mol. The van der Waals surface area contributed by atoms with Gasteiger partial charge in [0.05, 0.1) is 0 Å². The zero-order chi connectivity index (χ0) is 16.8. The molecule has 1 fully saturated rings. The van der Waals surface area contributed by atoms with E-state index in [9.17, 15) is 4.79 Å².